The van der Waals surface area contributed by atoms with Crippen molar-refractivity contribution in [3.8, 4) is 15.4 Å². The molecular weight excluding hydrogens is 984 g/mol. The number of hydrogen-bond donors (Lipinski definition) is 4. The first kappa shape index (κ1) is 51.3. The number of benzene rings is 3. The summed E-state index contributed by atoms with van der Waals surface area (Å²) in [6.45, 7) is 14.5. The van der Waals surface area contributed by atoms with Crippen LogP contribution in [0.15, 0.2) is 77.2 Å². The first-order chi connectivity index (χ1) is 34.8. The molecule has 16 nitrogen and oxygen atoms in total. The highest BCUT2D eigenvalue weighted by Crippen LogP contribution is 2.40. The van der Waals surface area contributed by atoms with Gasteiger partial charge < -0.3 is 30.9 Å². The zero-order chi connectivity index (χ0) is 51.9. The van der Waals surface area contributed by atoms with Crippen molar-refractivity contribution in [2.75, 3.05) is 18.4 Å². The minimum Gasteiger partial charge on any atom is -0.391 e. The lowest BCUT2D eigenvalue weighted by Gasteiger charge is -2.35. The number of aromatic nitrogens is 4. The Bertz CT molecular complexity index is 3140. The van der Waals surface area contributed by atoms with E-state index in [0.717, 1.165) is 59.5 Å². The van der Waals surface area contributed by atoms with Gasteiger partial charge in [0.1, 0.15) is 29.0 Å². The van der Waals surface area contributed by atoms with Gasteiger partial charge in [-0.2, -0.15) is 0 Å². The number of amides is 5. The topological polar surface area (TPSA) is 204 Å². The zero-order valence-electron chi connectivity index (χ0n) is 41.9. The van der Waals surface area contributed by atoms with Crippen molar-refractivity contribution in [2.45, 2.75) is 118 Å². The Balaban J connectivity index is 0.774. The summed E-state index contributed by atoms with van der Waals surface area (Å²) in [7, 11) is 0. The van der Waals surface area contributed by atoms with Crippen LogP contribution in [0, 0.1) is 33.1 Å². The van der Waals surface area contributed by atoms with Crippen molar-refractivity contribution in [2.24, 2.45) is 10.4 Å². The Morgan fingerprint density at radius 2 is 1.67 bits per heavy atom. The average Bonchev–Trinajstić information content (AvgIpc) is 4.17. The molecule has 0 aliphatic carbocycles. The molecule has 6 aromatic rings. The number of aliphatic imine (C=N–C) groups is 1. The molecule has 1 fully saturated rings. The summed E-state index contributed by atoms with van der Waals surface area (Å²) >= 11 is 9.49. The van der Waals surface area contributed by atoms with E-state index in [-0.39, 0.29) is 56.0 Å². The van der Waals surface area contributed by atoms with Gasteiger partial charge in [-0.3, -0.25) is 33.5 Å². The number of aliphatic hydroxyl groups is 1. The van der Waals surface area contributed by atoms with Crippen LogP contribution in [0.4, 0.5) is 5.69 Å². The Hall–Kier alpha value is -6.60. The maximum Gasteiger partial charge on any atom is 0.254 e. The Morgan fingerprint density at radius 1 is 0.932 bits per heavy atom. The molecule has 9 rings (SSSR count). The summed E-state index contributed by atoms with van der Waals surface area (Å²) in [6, 6.07) is 18.2. The number of hydrogen-bond acceptors (Lipinski definition) is 12. The number of carbonyl (C=O) groups is 5. The molecule has 0 bridgehead atoms. The summed E-state index contributed by atoms with van der Waals surface area (Å²) < 4.78 is 2.00. The number of carbonyl (C=O) groups excluding carboxylic acids is 5. The van der Waals surface area contributed by atoms with Gasteiger partial charge in [0.15, 0.2) is 5.82 Å². The van der Waals surface area contributed by atoms with Crippen molar-refractivity contribution in [3.63, 3.8) is 0 Å². The lowest BCUT2D eigenvalue weighted by molar-refractivity contribution is -0.144. The fourth-order valence-corrected chi connectivity index (χ4v) is 11.9. The molecule has 0 unspecified atom stereocenters. The number of nitrogens with one attached hydrogen (secondary N) is 3. The molecule has 5 amide bonds. The summed E-state index contributed by atoms with van der Waals surface area (Å²) in [6.07, 6.45) is 0.312. The van der Waals surface area contributed by atoms with Gasteiger partial charge in [-0.25, -0.2) is 4.98 Å². The number of fused-ring (bicyclic) bond motifs is 4. The van der Waals surface area contributed by atoms with Gasteiger partial charge in [0.05, 0.1) is 34.3 Å². The van der Waals surface area contributed by atoms with Crippen LogP contribution in [-0.4, -0.2) is 101 Å². The molecule has 0 spiro atoms. The van der Waals surface area contributed by atoms with Crippen molar-refractivity contribution >= 4 is 75.2 Å². The van der Waals surface area contributed by atoms with Crippen molar-refractivity contribution in [1.29, 1.82) is 0 Å². The molecule has 73 heavy (non-hydrogen) atoms. The van der Waals surface area contributed by atoms with E-state index in [9.17, 15) is 29.1 Å². The Kier molecular flexibility index (Phi) is 14.8. The molecule has 0 radical (unpaired) electrons. The third-order valence-electron chi connectivity index (χ3n) is 13.8. The maximum absolute atomic E-state index is 14.2. The van der Waals surface area contributed by atoms with Crippen LogP contribution >= 0.6 is 34.3 Å². The monoisotopic (exact) mass is 1040 g/mol. The number of thiophene rings is 1. The fraction of sp³-hybridized carbons (Fsp3) is 0.389. The van der Waals surface area contributed by atoms with Crippen LogP contribution in [0.25, 0.3) is 15.4 Å². The number of aryl methyl sites for hydroxylation is 3. The summed E-state index contributed by atoms with van der Waals surface area (Å²) in [5.41, 5.74) is 9.59. The van der Waals surface area contributed by atoms with Gasteiger partial charge in [-0.15, -0.1) is 32.9 Å². The molecule has 1 saturated heterocycles. The van der Waals surface area contributed by atoms with Crippen molar-refractivity contribution in [1.82, 2.24) is 40.2 Å². The fourth-order valence-electron chi connectivity index (χ4n) is 9.76. The van der Waals surface area contributed by atoms with Gasteiger partial charge >= 0.3 is 0 Å². The minimum atomic E-state index is -0.952. The molecular formula is C54H59ClN10O6S2. The Labute approximate surface area is 437 Å². The molecule has 4 N–H and O–H groups in total. The highest BCUT2D eigenvalue weighted by atomic mass is 35.5. The second-order valence-corrected chi connectivity index (χ2v) is 22.7. The normalized spacial score (nSPS) is 17.6. The van der Waals surface area contributed by atoms with Gasteiger partial charge in [0.2, 0.25) is 23.6 Å². The van der Waals surface area contributed by atoms with E-state index in [1.54, 1.807) is 39.7 Å². The molecule has 4 atom stereocenters. The maximum atomic E-state index is 14.2. The van der Waals surface area contributed by atoms with Crippen LogP contribution in [0.1, 0.15) is 119 Å². The first-order valence-corrected chi connectivity index (χ1v) is 26.6. The molecule has 3 aromatic carbocycles. The number of thiazole rings is 1. The number of rotatable bonds is 15. The number of β-amino-alcohol motifs (C(OH)–C–C–N with tert-alkyl or cyclic N) is 1. The summed E-state index contributed by atoms with van der Waals surface area (Å²) in [5.74, 6) is -0.260. The quantitative estimate of drug-likeness (QED) is 0.0731. The molecule has 380 valence electrons. The Morgan fingerprint density at radius 3 is 2.38 bits per heavy atom. The van der Waals surface area contributed by atoms with E-state index in [0.29, 0.717) is 53.9 Å². The van der Waals surface area contributed by atoms with Gasteiger partial charge in [-0.05, 0) is 98.5 Å². The summed E-state index contributed by atoms with van der Waals surface area (Å²) in [5, 5.41) is 30.1. The van der Waals surface area contributed by atoms with Crippen LogP contribution in [0.2, 0.25) is 5.02 Å². The van der Waals surface area contributed by atoms with Gasteiger partial charge in [-0.1, -0.05) is 68.8 Å². The lowest BCUT2D eigenvalue weighted by atomic mass is 9.85. The van der Waals surface area contributed by atoms with E-state index in [2.05, 4.69) is 45.0 Å². The summed E-state index contributed by atoms with van der Waals surface area (Å²) in [4.78, 5) is 83.5. The largest absolute Gasteiger partial charge is 0.391 e. The third-order valence-corrected chi connectivity index (χ3v) is 16.2. The van der Waals surface area contributed by atoms with E-state index >= 15 is 0 Å². The van der Waals surface area contributed by atoms with E-state index in [1.807, 2.05) is 99.3 Å². The minimum absolute atomic E-state index is 0.00675. The average molecular weight is 1040 g/mol. The van der Waals surface area contributed by atoms with Gasteiger partial charge in [0.25, 0.3) is 5.91 Å². The van der Waals surface area contributed by atoms with Crippen LogP contribution in [0.5, 0.6) is 0 Å². The molecule has 0 saturated carbocycles. The second-order valence-electron chi connectivity index (χ2n) is 20.2. The number of likely N-dealkylation sites (tertiary alicyclic amines) is 1. The van der Waals surface area contributed by atoms with Gasteiger partial charge in [0, 0.05) is 71.3 Å². The highest BCUT2D eigenvalue weighted by Gasteiger charge is 2.44. The smallest absolute Gasteiger partial charge is 0.254 e. The molecule has 3 aliphatic rings. The van der Waals surface area contributed by atoms with E-state index in [4.69, 9.17) is 16.6 Å². The van der Waals surface area contributed by atoms with E-state index in [1.165, 1.54) is 4.90 Å². The molecule has 3 aromatic heterocycles. The van der Waals surface area contributed by atoms with Crippen molar-refractivity contribution < 1.29 is 29.1 Å². The predicted molar refractivity (Wildman–Crippen MR) is 283 cm³/mol. The predicted octanol–water partition coefficient (Wildman–Crippen LogP) is 8.20. The molecule has 19 heteroatoms. The lowest BCUT2D eigenvalue weighted by Crippen LogP contribution is -2.57. The molecule has 6 heterocycles. The van der Waals surface area contributed by atoms with Crippen LogP contribution < -0.4 is 16.0 Å². The van der Waals surface area contributed by atoms with Crippen LogP contribution in [-0.2, 0) is 32.3 Å². The number of nitrogens with zero attached hydrogens (tertiary/aromatic N) is 7. The number of anilines is 1. The zero-order valence-corrected chi connectivity index (χ0v) is 44.3. The third kappa shape index (κ3) is 10.9. The first-order valence-electron chi connectivity index (χ1n) is 24.5. The number of unbranched alkanes of at least 4 members (excludes halogenated alkanes) is 1. The SMILES string of the molecule is Cc1ncsc1-c1ccc(CNC(=O)[C@@H]2C[C@@H](O)CN2C(=O)[C@@H](NC(=O)CCCCN2Cc3cc(NC(=O)C[C@@H]4N=C(c5ccc(Cl)cc5)c5c(sc(C)c5C)-n5c(C)nnc54)ccc3C2=O)C(C)(C)C)cc1. The highest BCUT2D eigenvalue weighted by molar-refractivity contribution is 7.15. The standard InChI is InChI=1S/C54H59ClN10O6S2/c1-29-31(3)73-53-45(29)46(34-15-17-37(55)18-16-34)59-41(49-62-61-32(4)65(49)53)24-44(68)58-38-19-20-40-36(22-38)26-63(51(40)70)21-9-8-10-43(67)60-48(54(5,6)7)52(71)64-27-39(66)23-42(64)50(69)56-25-33-11-13-35(14-12-33)47-30(2)57-28-72-47/h11-20,22,28,39,41-42,48,66H,8-10,21,23-27H2,1-7H3,(H,56,69)(H,58,68)(H,60,67)/t39-,41+,42+,48-/m1/s1. The van der Waals surface area contributed by atoms with Crippen molar-refractivity contribution in [3.05, 3.63) is 133 Å². The molecule has 3 aliphatic heterocycles. The number of aliphatic hydroxyl groups excluding tert-OH is 1. The van der Waals surface area contributed by atoms with Crippen LogP contribution in [0.3, 0.4) is 0 Å². The second kappa shape index (κ2) is 21.1. The number of halogens is 1. The van der Waals surface area contributed by atoms with E-state index < -0.39 is 35.6 Å².